The number of carbonyl (C=O) groups is 2. The number of benzene rings is 2. The molecule has 2 heterocycles. The van der Waals surface area contributed by atoms with Crippen molar-refractivity contribution < 1.29 is 14.3 Å². The average Bonchev–Trinajstić information content (AvgIpc) is 3.35. The second-order valence-corrected chi connectivity index (χ2v) is 11.5. The lowest BCUT2D eigenvalue weighted by molar-refractivity contribution is -0.137. The Morgan fingerprint density at radius 1 is 1.08 bits per heavy atom. The number of hydrogen-bond acceptors (Lipinski definition) is 5. The van der Waals surface area contributed by atoms with E-state index in [9.17, 15) is 9.59 Å². The highest BCUT2D eigenvalue weighted by Crippen LogP contribution is 2.40. The van der Waals surface area contributed by atoms with Crippen LogP contribution in [0.1, 0.15) is 82.3 Å². The molecule has 0 spiro atoms. The van der Waals surface area contributed by atoms with Crippen LogP contribution in [0.5, 0.6) is 5.75 Å². The highest BCUT2D eigenvalue weighted by molar-refractivity contribution is 7.09. The number of nitrogens with zero attached hydrogens (tertiary/aromatic N) is 2. The van der Waals surface area contributed by atoms with Gasteiger partial charge in [-0.05, 0) is 67.9 Å². The Labute approximate surface area is 222 Å². The number of rotatable bonds is 7. The van der Waals surface area contributed by atoms with E-state index in [1.807, 2.05) is 6.07 Å². The van der Waals surface area contributed by atoms with Crippen LogP contribution in [0.2, 0.25) is 0 Å². The summed E-state index contributed by atoms with van der Waals surface area (Å²) >= 11 is 1.44. The molecular formula is C30H33N3O3S. The third-order valence-electron chi connectivity index (χ3n) is 7.79. The number of thiazole rings is 1. The number of fused-ring (bicyclic) bond motifs is 1. The number of carbonyl (C=O) groups excluding carboxylic acids is 2. The third kappa shape index (κ3) is 5.28. The number of aromatic nitrogens is 1. The molecule has 0 saturated heterocycles. The first-order chi connectivity index (χ1) is 18.0. The van der Waals surface area contributed by atoms with Crippen molar-refractivity contribution in [1.29, 1.82) is 0 Å². The molecule has 0 unspecified atom stereocenters. The Kier molecular flexibility index (Phi) is 6.72. The molecule has 6 rings (SSSR count). The van der Waals surface area contributed by atoms with Gasteiger partial charge in [0.15, 0.2) is 0 Å². The smallest absolute Gasteiger partial charge is 0.270 e. The molecule has 2 aromatic carbocycles. The molecule has 1 atom stereocenters. The van der Waals surface area contributed by atoms with Gasteiger partial charge in [-0.3, -0.25) is 9.59 Å². The molecule has 3 aliphatic rings. The molecule has 7 heteroatoms. The summed E-state index contributed by atoms with van der Waals surface area (Å²) in [5.41, 5.74) is 5.21. The first-order valence-electron chi connectivity index (χ1n) is 13.4. The van der Waals surface area contributed by atoms with E-state index in [2.05, 4.69) is 58.5 Å². The summed E-state index contributed by atoms with van der Waals surface area (Å²) in [4.78, 5) is 32.5. The standard InChI is InChI=1S/C30H33N3O3S/c1-19-6-8-21(9-7-19)28-25-16-24(36-17-27-32-26(18-37-27)29(34)31-23-11-12-23)13-10-20(25)14-15-33(28)30(35)22-4-2-3-5-22/h6-10,13,16,18,22-23,28H,2-5,11-12,14-15,17H2,1H3,(H,31,34)/t28-/m0/s1. The molecule has 37 heavy (non-hydrogen) atoms. The molecule has 192 valence electrons. The third-order valence-corrected chi connectivity index (χ3v) is 8.61. The Bertz CT molecular complexity index is 1290. The lowest BCUT2D eigenvalue weighted by Crippen LogP contribution is -2.43. The van der Waals surface area contributed by atoms with Gasteiger partial charge in [0.1, 0.15) is 23.1 Å². The Morgan fingerprint density at radius 3 is 2.62 bits per heavy atom. The molecule has 2 amide bonds. The highest BCUT2D eigenvalue weighted by atomic mass is 32.1. The monoisotopic (exact) mass is 515 g/mol. The maximum absolute atomic E-state index is 13.6. The highest BCUT2D eigenvalue weighted by Gasteiger charge is 2.36. The van der Waals surface area contributed by atoms with Crippen LogP contribution in [0.3, 0.4) is 0 Å². The molecular weight excluding hydrogens is 482 g/mol. The van der Waals surface area contributed by atoms with Crippen molar-refractivity contribution in [2.24, 2.45) is 5.92 Å². The second-order valence-electron chi connectivity index (χ2n) is 10.6. The number of hydrogen-bond donors (Lipinski definition) is 1. The zero-order valence-corrected chi connectivity index (χ0v) is 22.1. The van der Waals surface area contributed by atoms with Gasteiger partial charge in [-0.15, -0.1) is 11.3 Å². The summed E-state index contributed by atoms with van der Waals surface area (Å²) in [6.45, 7) is 3.14. The van der Waals surface area contributed by atoms with Crippen LogP contribution in [-0.4, -0.2) is 34.3 Å². The van der Waals surface area contributed by atoms with Gasteiger partial charge in [0, 0.05) is 23.9 Å². The van der Waals surface area contributed by atoms with Gasteiger partial charge in [0.05, 0.1) is 6.04 Å². The number of nitrogens with one attached hydrogen (secondary N) is 1. The van der Waals surface area contributed by atoms with E-state index in [-0.39, 0.29) is 17.9 Å². The van der Waals surface area contributed by atoms with Crippen LogP contribution in [0.25, 0.3) is 0 Å². The van der Waals surface area contributed by atoms with Gasteiger partial charge < -0.3 is 15.0 Å². The number of amides is 2. The minimum Gasteiger partial charge on any atom is -0.486 e. The molecule has 1 aliphatic heterocycles. The van der Waals surface area contributed by atoms with Gasteiger partial charge in [0.2, 0.25) is 5.91 Å². The molecule has 2 aliphatic carbocycles. The fraction of sp³-hybridized carbons (Fsp3) is 0.433. The minimum atomic E-state index is -0.112. The molecule has 1 N–H and O–H groups in total. The SMILES string of the molecule is Cc1ccc([C@H]2c3cc(OCc4nc(C(=O)NC5CC5)cs4)ccc3CCN2C(=O)C2CCCC2)cc1. The normalized spacial score (nSPS) is 19.5. The summed E-state index contributed by atoms with van der Waals surface area (Å²) in [7, 11) is 0. The van der Waals surface area contributed by atoms with Crippen LogP contribution < -0.4 is 10.1 Å². The van der Waals surface area contributed by atoms with Crippen LogP contribution in [-0.2, 0) is 17.8 Å². The van der Waals surface area contributed by atoms with E-state index in [1.165, 1.54) is 22.5 Å². The molecule has 1 aromatic heterocycles. The maximum atomic E-state index is 13.6. The van der Waals surface area contributed by atoms with Crippen molar-refractivity contribution in [1.82, 2.24) is 15.2 Å². The number of ether oxygens (including phenoxy) is 1. The van der Waals surface area contributed by atoms with E-state index in [0.717, 1.165) is 73.4 Å². The van der Waals surface area contributed by atoms with Crippen molar-refractivity contribution in [2.45, 2.75) is 70.6 Å². The molecule has 3 aromatic rings. The summed E-state index contributed by atoms with van der Waals surface area (Å²) in [5.74, 6) is 1.09. The van der Waals surface area contributed by atoms with Crippen molar-refractivity contribution in [3.63, 3.8) is 0 Å². The van der Waals surface area contributed by atoms with Crippen LogP contribution in [0.4, 0.5) is 0 Å². The fourth-order valence-corrected chi connectivity index (χ4v) is 6.23. The predicted octanol–water partition coefficient (Wildman–Crippen LogP) is 5.59. The fourth-order valence-electron chi connectivity index (χ4n) is 5.55. The van der Waals surface area contributed by atoms with Crippen molar-refractivity contribution in [3.8, 4) is 5.75 Å². The molecule has 2 saturated carbocycles. The van der Waals surface area contributed by atoms with Crippen LogP contribution in [0.15, 0.2) is 47.8 Å². The molecule has 6 nitrogen and oxygen atoms in total. The van der Waals surface area contributed by atoms with Gasteiger partial charge in [-0.2, -0.15) is 0 Å². The lowest BCUT2D eigenvalue weighted by Gasteiger charge is -2.39. The van der Waals surface area contributed by atoms with E-state index in [0.29, 0.717) is 24.2 Å². The van der Waals surface area contributed by atoms with Crippen molar-refractivity contribution in [3.05, 3.63) is 80.8 Å². The molecule has 0 bridgehead atoms. The van der Waals surface area contributed by atoms with Crippen molar-refractivity contribution in [2.75, 3.05) is 6.54 Å². The van der Waals surface area contributed by atoms with Crippen molar-refractivity contribution >= 4 is 23.2 Å². The zero-order chi connectivity index (χ0) is 25.4. The Balaban J connectivity index is 1.24. The van der Waals surface area contributed by atoms with E-state index >= 15 is 0 Å². The zero-order valence-electron chi connectivity index (χ0n) is 21.2. The van der Waals surface area contributed by atoms with E-state index in [1.54, 1.807) is 5.38 Å². The molecule has 2 fully saturated rings. The predicted molar refractivity (Wildman–Crippen MR) is 144 cm³/mol. The largest absolute Gasteiger partial charge is 0.486 e. The minimum absolute atomic E-state index is 0.105. The summed E-state index contributed by atoms with van der Waals surface area (Å²) in [6.07, 6.45) is 7.25. The van der Waals surface area contributed by atoms with Gasteiger partial charge in [-0.25, -0.2) is 4.98 Å². The van der Waals surface area contributed by atoms with Gasteiger partial charge in [0.25, 0.3) is 5.91 Å². The number of aryl methyl sites for hydroxylation is 1. The van der Waals surface area contributed by atoms with Crippen LogP contribution in [0, 0.1) is 12.8 Å². The summed E-state index contributed by atoms with van der Waals surface area (Å²) in [6, 6.07) is 15.0. The Hall–Kier alpha value is -3.19. The quantitative estimate of drug-likeness (QED) is 0.446. The first kappa shape index (κ1) is 24.2. The van der Waals surface area contributed by atoms with Gasteiger partial charge >= 0.3 is 0 Å². The van der Waals surface area contributed by atoms with E-state index < -0.39 is 0 Å². The summed E-state index contributed by atoms with van der Waals surface area (Å²) < 4.78 is 6.16. The second kappa shape index (κ2) is 10.3. The molecule has 0 radical (unpaired) electrons. The van der Waals surface area contributed by atoms with Crippen LogP contribution >= 0.6 is 11.3 Å². The maximum Gasteiger partial charge on any atom is 0.270 e. The van der Waals surface area contributed by atoms with E-state index in [4.69, 9.17) is 4.74 Å². The summed E-state index contributed by atoms with van der Waals surface area (Å²) in [5, 5.41) is 5.55. The topological polar surface area (TPSA) is 71.5 Å². The lowest BCUT2D eigenvalue weighted by atomic mass is 9.86. The average molecular weight is 516 g/mol. The van der Waals surface area contributed by atoms with Gasteiger partial charge in [-0.1, -0.05) is 48.7 Å². The Morgan fingerprint density at radius 2 is 1.86 bits per heavy atom. The first-order valence-corrected chi connectivity index (χ1v) is 14.3.